The van der Waals surface area contributed by atoms with Gasteiger partial charge in [-0.15, -0.1) is 0 Å². The van der Waals surface area contributed by atoms with Crippen LogP contribution >= 0.6 is 0 Å². The van der Waals surface area contributed by atoms with Crippen molar-refractivity contribution in [2.75, 3.05) is 27.2 Å². The maximum Gasteiger partial charge on any atom is 0.253 e. The molecule has 1 saturated heterocycles. The van der Waals surface area contributed by atoms with Crippen molar-refractivity contribution in [1.82, 2.24) is 9.80 Å². The molecule has 1 saturated carbocycles. The Labute approximate surface area is 139 Å². The molecule has 0 aromatic heterocycles. The Balaban J connectivity index is 1.69. The summed E-state index contributed by atoms with van der Waals surface area (Å²) in [6, 6.07) is 10.3. The molecule has 0 unspecified atom stereocenters. The van der Waals surface area contributed by atoms with Gasteiger partial charge in [0, 0.05) is 38.9 Å². The van der Waals surface area contributed by atoms with Crippen LogP contribution < -0.4 is 0 Å². The molecule has 1 aromatic carbocycles. The number of likely N-dealkylation sites (N-methyl/N-ethyl adjacent to an activating group) is 1. The van der Waals surface area contributed by atoms with E-state index in [2.05, 4.69) is 4.90 Å². The summed E-state index contributed by atoms with van der Waals surface area (Å²) >= 11 is 0. The first-order valence-electron chi connectivity index (χ1n) is 8.79. The molecule has 4 nitrogen and oxygen atoms in total. The van der Waals surface area contributed by atoms with E-state index in [1.54, 1.807) is 7.11 Å². The molecule has 126 valence electrons. The maximum absolute atomic E-state index is 12.7. The second-order valence-corrected chi connectivity index (χ2v) is 6.87. The Morgan fingerprint density at radius 3 is 2.48 bits per heavy atom. The predicted molar refractivity (Wildman–Crippen MR) is 91.6 cm³/mol. The van der Waals surface area contributed by atoms with Crippen molar-refractivity contribution in [3.63, 3.8) is 0 Å². The Kier molecular flexibility index (Phi) is 5.34. The molecular formula is C19H28N2O2. The lowest BCUT2D eigenvalue weighted by Crippen LogP contribution is -2.45. The standard InChI is InChI=1S/C19H28N2O2/c1-20(19(22)15-9-5-3-6-10-15)17-13-21(14-18(17)23-2)16-11-7-4-8-12-16/h3,5-6,9-10,16-18H,4,7-8,11-14H2,1-2H3/t17-,18-/m0/s1. The Morgan fingerprint density at radius 1 is 1.13 bits per heavy atom. The van der Waals surface area contributed by atoms with Gasteiger partial charge < -0.3 is 9.64 Å². The average molecular weight is 316 g/mol. The monoisotopic (exact) mass is 316 g/mol. The number of likely N-dealkylation sites (tertiary alicyclic amines) is 1. The van der Waals surface area contributed by atoms with Crippen LogP contribution in [0.1, 0.15) is 42.5 Å². The third-order valence-corrected chi connectivity index (χ3v) is 5.50. The molecule has 0 N–H and O–H groups in total. The van der Waals surface area contributed by atoms with Gasteiger partial charge in [-0.3, -0.25) is 9.69 Å². The van der Waals surface area contributed by atoms with Crippen LogP contribution in [0.25, 0.3) is 0 Å². The van der Waals surface area contributed by atoms with Gasteiger partial charge in [0.05, 0.1) is 12.1 Å². The van der Waals surface area contributed by atoms with E-state index in [1.165, 1.54) is 32.1 Å². The largest absolute Gasteiger partial charge is 0.378 e. The first-order valence-corrected chi connectivity index (χ1v) is 8.79. The first-order chi connectivity index (χ1) is 11.2. The average Bonchev–Trinajstić information content (AvgIpc) is 3.06. The van der Waals surface area contributed by atoms with E-state index >= 15 is 0 Å². The molecule has 1 aromatic rings. The molecule has 0 spiro atoms. The number of carbonyl (C=O) groups excluding carboxylic acids is 1. The predicted octanol–water partition coefficient (Wildman–Crippen LogP) is 2.79. The Morgan fingerprint density at radius 2 is 1.83 bits per heavy atom. The minimum Gasteiger partial charge on any atom is -0.378 e. The lowest BCUT2D eigenvalue weighted by atomic mass is 9.94. The number of amides is 1. The molecule has 1 heterocycles. The molecule has 1 amide bonds. The number of benzene rings is 1. The van der Waals surface area contributed by atoms with E-state index in [0.29, 0.717) is 6.04 Å². The van der Waals surface area contributed by atoms with Crippen molar-refractivity contribution in [3.05, 3.63) is 35.9 Å². The van der Waals surface area contributed by atoms with Gasteiger partial charge in [-0.25, -0.2) is 0 Å². The molecule has 0 bridgehead atoms. The zero-order valence-corrected chi connectivity index (χ0v) is 14.3. The van der Waals surface area contributed by atoms with Crippen molar-refractivity contribution in [3.8, 4) is 0 Å². The molecular weight excluding hydrogens is 288 g/mol. The number of hydrogen-bond donors (Lipinski definition) is 0. The third-order valence-electron chi connectivity index (χ3n) is 5.50. The van der Waals surface area contributed by atoms with Crippen molar-refractivity contribution in [1.29, 1.82) is 0 Å². The van der Waals surface area contributed by atoms with Crippen LogP contribution in [-0.2, 0) is 4.74 Å². The first kappa shape index (κ1) is 16.5. The number of rotatable bonds is 4. The zero-order chi connectivity index (χ0) is 16.2. The summed E-state index contributed by atoms with van der Waals surface area (Å²) in [7, 11) is 3.68. The van der Waals surface area contributed by atoms with Crippen molar-refractivity contribution >= 4 is 5.91 Å². The van der Waals surface area contributed by atoms with E-state index in [1.807, 2.05) is 42.3 Å². The fourth-order valence-electron chi connectivity index (χ4n) is 4.07. The topological polar surface area (TPSA) is 32.8 Å². The van der Waals surface area contributed by atoms with Gasteiger partial charge in [0.2, 0.25) is 0 Å². The SMILES string of the molecule is CO[C@H]1CN(C2CCCCC2)C[C@@H]1N(C)C(=O)c1ccccc1. The molecule has 1 aliphatic heterocycles. The van der Waals surface area contributed by atoms with Crippen LogP contribution in [0.5, 0.6) is 0 Å². The van der Waals surface area contributed by atoms with Crippen LogP contribution in [-0.4, -0.2) is 61.1 Å². The molecule has 0 radical (unpaired) electrons. The van der Waals surface area contributed by atoms with Gasteiger partial charge in [0.1, 0.15) is 0 Å². The molecule has 2 atom stereocenters. The summed E-state index contributed by atoms with van der Waals surface area (Å²) in [5.41, 5.74) is 0.751. The molecule has 3 rings (SSSR count). The second-order valence-electron chi connectivity index (χ2n) is 6.87. The molecule has 2 fully saturated rings. The summed E-state index contributed by atoms with van der Waals surface area (Å²) in [5.74, 6) is 0.0862. The lowest BCUT2D eigenvalue weighted by Gasteiger charge is -2.31. The highest BCUT2D eigenvalue weighted by atomic mass is 16.5. The van der Waals surface area contributed by atoms with E-state index < -0.39 is 0 Å². The minimum atomic E-state index is 0.0862. The van der Waals surface area contributed by atoms with E-state index in [-0.39, 0.29) is 18.1 Å². The molecule has 1 aliphatic carbocycles. The van der Waals surface area contributed by atoms with Crippen molar-refractivity contribution in [2.45, 2.75) is 50.3 Å². The van der Waals surface area contributed by atoms with E-state index in [4.69, 9.17) is 4.74 Å². The highest BCUT2D eigenvalue weighted by Crippen LogP contribution is 2.28. The second kappa shape index (κ2) is 7.45. The number of hydrogen-bond acceptors (Lipinski definition) is 3. The van der Waals surface area contributed by atoms with Gasteiger partial charge in [-0.05, 0) is 25.0 Å². The maximum atomic E-state index is 12.7. The van der Waals surface area contributed by atoms with E-state index in [9.17, 15) is 4.79 Å². The lowest BCUT2D eigenvalue weighted by molar-refractivity contribution is 0.0412. The van der Waals surface area contributed by atoms with E-state index in [0.717, 1.165) is 18.7 Å². The Bertz CT molecular complexity index is 513. The highest BCUT2D eigenvalue weighted by molar-refractivity contribution is 5.94. The minimum absolute atomic E-state index is 0.0862. The summed E-state index contributed by atoms with van der Waals surface area (Å²) in [4.78, 5) is 17.2. The van der Waals surface area contributed by atoms with Gasteiger partial charge in [0.15, 0.2) is 0 Å². The van der Waals surface area contributed by atoms with Crippen LogP contribution in [0.4, 0.5) is 0 Å². The number of ether oxygens (including phenoxy) is 1. The number of nitrogens with zero attached hydrogens (tertiary/aromatic N) is 2. The fourth-order valence-corrected chi connectivity index (χ4v) is 4.07. The normalized spacial score (nSPS) is 26.3. The molecule has 2 aliphatic rings. The third kappa shape index (κ3) is 3.59. The Hall–Kier alpha value is -1.39. The smallest absolute Gasteiger partial charge is 0.253 e. The summed E-state index contributed by atoms with van der Waals surface area (Å²) in [6.07, 6.45) is 6.73. The van der Waals surface area contributed by atoms with Crippen LogP contribution in [0.2, 0.25) is 0 Å². The van der Waals surface area contributed by atoms with Crippen LogP contribution in [0, 0.1) is 0 Å². The van der Waals surface area contributed by atoms with Crippen molar-refractivity contribution < 1.29 is 9.53 Å². The zero-order valence-electron chi connectivity index (χ0n) is 14.3. The van der Waals surface area contributed by atoms with Crippen LogP contribution in [0.3, 0.4) is 0 Å². The van der Waals surface area contributed by atoms with Gasteiger partial charge in [-0.1, -0.05) is 37.5 Å². The number of carbonyl (C=O) groups is 1. The van der Waals surface area contributed by atoms with Gasteiger partial charge in [0.25, 0.3) is 5.91 Å². The quantitative estimate of drug-likeness (QED) is 0.856. The van der Waals surface area contributed by atoms with Gasteiger partial charge >= 0.3 is 0 Å². The summed E-state index contributed by atoms with van der Waals surface area (Å²) < 4.78 is 5.72. The highest BCUT2D eigenvalue weighted by Gasteiger charge is 2.40. The molecule has 4 heteroatoms. The van der Waals surface area contributed by atoms with Crippen molar-refractivity contribution in [2.24, 2.45) is 0 Å². The summed E-state index contributed by atoms with van der Waals surface area (Å²) in [6.45, 7) is 1.87. The molecule has 23 heavy (non-hydrogen) atoms. The number of methoxy groups -OCH3 is 1. The summed E-state index contributed by atoms with van der Waals surface area (Å²) in [5, 5.41) is 0. The van der Waals surface area contributed by atoms with Crippen LogP contribution in [0.15, 0.2) is 30.3 Å². The van der Waals surface area contributed by atoms with Gasteiger partial charge in [-0.2, -0.15) is 0 Å². The fraction of sp³-hybridized carbons (Fsp3) is 0.632.